The predicted octanol–water partition coefficient (Wildman–Crippen LogP) is 4.64. The van der Waals surface area contributed by atoms with Gasteiger partial charge >= 0.3 is 5.97 Å². The molecule has 0 unspecified atom stereocenters. The van der Waals surface area contributed by atoms with Gasteiger partial charge < -0.3 is 19.0 Å². The Hall–Kier alpha value is -2.76. The van der Waals surface area contributed by atoms with Crippen LogP contribution in [0, 0.1) is 13.8 Å². The minimum atomic E-state index is -0.534. The Morgan fingerprint density at radius 2 is 2.07 bits per heavy atom. The number of hydrogen-bond acceptors (Lipinski definition) is 4. The van der Waals surface area contributed by atoms with Crippen LogP contribution in [0.4, 0.5) is 0 Å². The van der Waals surface area contributed by atoms with E-state index in [1.54, 1.807) is 31.4 Å². The number of aryl methyl sites for hydroxylation is 1. The minimum absolute atomic E-state index is 0.281. The number of esters is 1. The lowest BCUT2D eigenvalue weighted by molar-refractivity contribution is -0.144. The lowest BCUT2D eigenvalue weighted by Crippen LogP contribution is -2.30. The maximum atomic E-state index is 12.0. The van der Waals surface area contributed by atoms with Gasteiger partial charge in [-0.3, -0.25) is 4.79 Å². The molecular weight excluding hydrogens is 368 g/mol. The molecule has 156 valence electrons. The summed E-state index contributed by atoms with van der Waals surface area (Å²) in [5.74, 6) is -0.253. The third-order valence-electron chi connectivity index (χ3n) is 5.56. The zero-order valence-corrected chi connectivity index (χ0v) is 17.4. The molecule has 1 amide bonds. The summed E-state index contributed by atoms with van der Waals surface area (Å²) in [5.41, 5.74) is 3.40. The van der Waals surface area contributed by atoms with Crippen molar-refractivity contribution in [3.05, 3.63) is 53.2 Å². The SMILES string of the molecule is Cc1cc(/C=C/C(=O)OCC(=O)N[C@H](C)c2ccco2)c(C)n1C1CCCCC1. The largest absolute Gasteiger partial charge is 0.467 e. The molecule has 6 heteroatoms. The summed E-state index contributed by atoms with van der Waals surface area (Å²) in [6.07, 6.45) is 11.0. The number of furan rings is 1. The molecule has 2 heterocycles. The van der Waals surface area contributed by atoms with E-state index < -0.39 is 5.97 Å². The number of aromatic nitrogens is 1. The van der Waals surface area contributed by atoms with Crippen LogP contribution in [0.3, 0.4) is 0 Å². The molecule has 3 rings (SSSR count). The summed E-state index contributed by atoms with van der Waals surface area (Å²) in [5, 5.41) is 2.73. The quantitative estimate of drug-likeness (QED) is 0.545. The van der Waals surface area contributed by atoms with Crippen LogP contribution >= 0.6 is 0 Å². The molecule has 1 aliphatic rings. The highest BCUT2D eigenvalue weighted by Crippen LogP contribution is 2.32. The first-order valence-electron chi connectivity index (χ1n) is 10.3. The molecule has 1 saturated carbocycles. The number of carbonyl (C=O) groups is 2. The maximum Gasteiger partial charge on any atom is 0.331 e. The third-order valence-corrected chi connectivity index (χ3v) is 5.56. The molecule has 29 heavy (non-hydrogen) atoms. The lowest BCUT2D eigenvalue weighted by Gasteiger charge is -2.26. The van der Waals surface area contributed by atoms with Crippen molar-refractivity contribution in [3.63, 3.8) is 0 Å². The third kappa shape index (κ3) is 5.40. The number of hydrogen-bond donors (Lipinski definition) is 1. The lowest BCUT2D eigenvalue weighted by atomic mass is 9.95. The predicted molar refractivity (Wildman–Crippen MR) is 111 cm³/mol. The van der Waals surface area contributed by atoms with E-state index in [9.17, 15) is 9.59 Å². The number of amides is 1. The first-order valence-corrected chi connectivity index (χ1v) is 10.3. The van der Waals surface area contributed by atoms with Gasteiger partial charge in [-0.25, -0.2) is 4.79 Å². The minimum Gasteiger partial charge on any atom is -0.467 e. The Morgan fingerprint density at radius 3 is 2.76 bits per heavy atom. The molecular formula is C23H30N2O4. The molecule has 1 fully saturated rings. The van der Waals surface area contributed by atoms with Gasteiger partial charge in [0.25, 0.3) is 5.91 Å². The number of nitrogens with zero attached hydrogens (tertiary/aromatic N) is 1. The molecule has 1 N–H and O–H groups in total. The second-order valence-corrected chi connectivity index (χ2v) is 7.73. The molecule has 0 spiro atoms. The van der Waals surface area contributed by atoms with Crippen LogP contribution in [0.25, 0.3) is 6.08 Å². The van der Waals surface area contributed by atoms with Gasteiger partial charge in [-0.2, -0.15) is 0 Å². The van der Waals surface area contributed by atoms with Crippen molar-refractivity contribution in [2.24, 2.45) is 0 Å². The van der Waals surface area contributed by atoms with E-state index in [4.69, 9.17) is 9.15 Å². The summed E-state index contributed by atoms with van der Waals surface area (Å²) in [6.45, 7) is 5.69. The normalized spacial score (nSPS) is 16.1. The molecule has 0 radical (unpaired) electrons. The zero-order valence-electron chi connectivity index (χ0n) is 17.4. The van der Waals surface area contributed by atoms with Gasteiger partial charge in [-0.15, -0.1) is 0 Å². The van der Waals surface area contributed by atoms with E-state index in [-0.39, 0.29) is 18.6 Å². The highest BCUT2D eigenvalue weighted by atomic mass is 16.5. The second kappa shape index (κ2) is 9.63. The van der Waals surface area contributed by atoms with Gasteiger partial charge in [0.2, 0.25) is 0 Å². The summed E-state index contributed by atoms with van der Waals surface area (Å²) in [7, 11) is 0. The van der Waals surface area contributed by atoms with Gasteiger partial charge in [0.05, 0.1) is 12.3 Å². The van der Waals surface area contributed by atoms with Crippen LogP contribution in [0.5, 0.6) is 0 Å². The summed E-state index contributed by atoms with van der Waals surface area (Å²) in [6, 6.07) is 5.91. The van der Waals surface area contributed by atoms with E-state index >= 15 is 0 Å². The van der Waals surface area contributed by atoms with Crippen LogP contribution < -0.4 is 5.32 Å². The second-order valence-electron chi connectivity index (χ2n) is 7.73. The summed E-state index contributed by atoms with van der Waals surface area (Å²) >= 11 is 0. The van der Waals surface area contributed by atoms with Crippen molar-refractivity contribution in [2.75, 3.05) is 6.61 Å². The number of ether oxygens (including phenoxy) is 1. The molecule has 1 atom stereocenters. The Bertz CT molecular complexity index is 858. The maximum absolute atomic E-state index is 12.0. The van der Waals surface area contributed by atoms with Crippen molar-refractivity contribution in [1.29, 1.82) is 0 Å². The molecule has 0 bridgehead atoms. The van der Waals surface area contributed by atoms with Crippen molar-refractivity contribution >= 4 is 18.0 Å². The first-order chi connectivity index (χ1) is 14.0. The zero-order chi connectivity index (χ0) is 20.8. The summed E-state index contributed by atoms with van der Waals surface area (Å²) < 4.78 is 12.7. The standard InChI is InChI=1S/C23H30N2O4/c1-16-14-19(18(3)25(16)20-8-5-4-6-9-20)11-12-23(27)29-15-22(26)24-17(2)21-10-7-13-28-21/h7,10-14,17,20H,4-6,8-9,15H2,1-3H3,(H,24,26)/b12-11+/t17-/m1/s1. The van der Waals surface area contributed by atoms with Gasteiger partial charge in [0.15, 0.2) is 6.61 Å². The number of nitrogens with one attached hydrogen (secondary N) is 1. The fourth-order valence-corrected chi connectivity index (χ4v) is 4.11. The fraction of sp³-hybridized carbons (Fsp3) is 0.478. The molecule has 1 aliphatic carbocycles. The number of carbonyl (C=O) groups excluding carboxylic acids is 2. The van der Waals surface area contributed by atoms with E-state index in [1.165, 1.54) is 49.6 Å². The Balaban J connectivity index is 1.52. The van der Waals surface area contributed by atoms with Crippen LogP contribution in [0.15, 0.2) is 35.0 Å². The van der Waals surface area contributed by atoms with Crippen molar-refractivity contribution in [2.45, 2.75) is 65.0 Å². The monoisotopic (exact) mass is 398 g/mol. The van der Waals surface area contributed by atoms with E-state index in [2.05, 4.69) is 29.8 Å². The topological polar surface area (TPSA) is 73.5 Å². The van der Waals surface area contributed by atoms with E-state index in [0.29, 0.717) is 11.8 Å². The van der Waals surface area contributed by atoms with Gasteiger partial charge in [0.1, 0.15) is 5.76 Å². The first kappa shape index (κ1) is 21.0. The number of rotatable bonds is 7. The highest BCUT2D eigenvalue weighted by molar-refractivity contribution is 5.89. The van der Waals surface area contributed by atoms with Crippen LogP contribution in [-0.4, -0.2) is 23.1 Å². The molecule has 0 aromatic carbocycles. The molecule has 2 aromatic heterocycles. The van der Waals surface area contributed by atoms with E-state index in [0.717, 1.165) is 5.56 Å². The molecule has 6 nitrogen and oxygen atoms in total. The van der Waals surface area contributed by atoms with Gasteiger partial charge in [-0.05, 0) is 63.5 Å². The van der Waals surface area contributed by atoms with Crippen LogP contribution in [-0.2, 0) is 14.3 Å². The van der Waals surface area contributed by atoms with Gasteiger partial charge in [-0.1, -0.05) is 19.3 Å². The Labute approximate surface area is 171 Å². The Morgan fingerprint density at radius 1 is 1.31 bits per heavy atom. The Kier molecular flexibility index (Phi) is 6.96. The van der Waals surface area contributed by atoms with Crippen molar-refractivity contribution in [3.8, 4) is 0 Å². The summed E-state index contributed by atoms with van der Waals surface area (Å²) in [4.78, 5) is 24.0. The van der Waals surface area contributed by atoms with Crippen LogP contribution in [0.2, 0.25) is 0 Å². The molecule has 0 saturated heterocycles. The van der Waals surface area contributed by atoms with Crippen molar-refractivity contribution < 1.29 is 18.7 Å². The average molecular weight is 399 g/mol. The smallest absolute Gasteiger partial charge is 0.331 e. The average Bonchev–Trinajstić information content (AvgIpc) is 3.34. The molecule has 2 aromatic rings. The van der Waals surface area contributed by atoms with E-state index in [1.807, 2.05) is 0 Å². The van der Waals surface area contributed by atoms with Crippen molar-refractivity contribution in [1.82, 2.24) is 9.88 Å². The van der Waals surface area contributed by atoms with Gasteiger partial charge in [0, 0.05) is 23.5 Å². The highest BCUT2D eigenvalue weighted by Gasteiger charge is 2.19. The fourth-order valence-electron chi connectivity index (χ4n) is 4.11. The van der Waals surface area contributed by atoms with Crippen LogP contribution in [0.1, 0.15) is 73.8 Å². The molecule has 0 aliphatic heterocycles.